The van der Waals surface area contributed by atoms with Crippen LogP contribution < -0.4 is 16.1 Å². The van der Waals surface area contributed by atoms with Gasteiger partial charge in [-0.25, -0.2) is 14.6 Å². The molecular formula is C35H43N3O6. The molecule has 1 fully saturated rings. The molecule has 0 spiro atoms. The number of benzene rings is 1. The highest BCUT2D eigenvalue weighted by Gasteiger charge is 2.54. The Morgan fingerprint density at radius 1 is 1.23 bits per heavy atom. The molecule has 9 nitrogen and oxygen atoms in total. The number of allylic oxidation sites excluding steroid dienone is 1. The van der Waals surface area contributed by atoms with E-state index < -0.39 is 22.8 Å². The van der Waals surface area contributed by atoms with Gasteiger partial charge in [0.1, 0.15) is 22.8 Å². The molecular weight excluding hydrogens is 558 g/mol. The Hall–Kier alpha value is -4.14. The fourth-order valence-electron chi connectivity index (χ4n) is 6.14. The molecule has 0 aliphatic carbocycles. The molecule has 2 aliphatic rings. The van der Waals surface area contributed by atoms with Crippen molar-refractivity contribution in [3.8, 4) is 5.75 Å². The van der Waals surface area contributed by atoms with Crippen molar-refractivity contribution in [3.63, 3.8) is 0 Å². The number of nitrogen functional groups attached to an aromatic ring is 1. The van der Waals surface area contributed by atoms with Crippen LogP contribution in [0, 0.1) is 5.92 Å². The van der Waals surface area contributed by atoms with Gasteiger partial charge in [-0.3, -0.25) is 4.79 Å². The normalized spacial score (nSPS) is 19.9. The molecule has 0 bridgehead atoms. The zero-order valence-corrected chi connectivity index (χ0v) is 26.6. The van der Waals surface area contributed by atoms with E-state index in [2.05, 4.69) is 18.8 Å². The summed E-state index contributed by atoms with van der Waals surface area (Å²) in [4.78, 5) is 44.8. The van der Waals surface area contributed by atoms with Gasteiger partial charge in [0.15, 0.2) is 5.60 Å². The Labute approximate surface area is 258 Å². The average Bonchev–Trinajstić information content (AvgIpc) is 3.30. The standard InChI is InChI=1S/C35H43N3O6/c1-7-22(4)33(41)44-34(5,6)35(19-25-14-23-9-11-32(40)42-28(23)17-29(25)43-35)18-24-15-30(36)37-20-26(24)16-31(39)38-13-12-27(38)10-8-21(2)3/h7,9,11,14-15,17,20-21,27H,8,10,12-13,16,18-19H2,1-6H3,(H2,36,37). The molecule has 5 rings (SSSR count). The highest BCUT2D eigenvalue weighted by molar-refractivity contribution is 5.88. The van der Waals surface area contributed by atoms with Gasteiger partial charge in [0.2, 0.25) is 5.91 Å². The van der Waals surface area contributed by atoms with Gasteiger partial charge in [0, 0.05) is 54.7 Å². The Kier molecular flexibility index (Phi) is 8.60. The SMILES string of the molecule is CC=C(C)C(=O)OC(C)(C)C1(Cc2cc(N)ncc2CC(=O)N2CCC2CCC(C)C)Cc2cc3ccc(=O)oc3cc2O1. The zero-order valence-electron chi connectivity index (χ0n) is 26.6. The molecule has 2 unspecified atom stereocenters. The number of anilines is 1. The first-order chi connectivity index (χ1) is 20.8. The largest absolute Gasteiger partial charge is 0.482 e. The molecule has 1 aromatic carbocycles. The monoisotopic (exact) mass is 601 g/mol. The lowest BCUT2D eigenvalue weighted by molar-refractivity contribution is -0.174. The molecule has 0 saturated carbocycles. The van der Waals surface area contributed by atoms with E-state index in [1.165, 1.54) is 6.07 Å². The minimum atomic E-state index is -1.13. The molecule has 9 heteroatoms. The molecule has 44 heavy (non-hydrogen) atoms. The van der Waals surface area contributed by atoms with E-state index in [1.807, 2.05) is 24.8 Å². The quantitative estimate of drug-likeness (QED) is 0.182. The van der Waals surface area contributed by atoms with Gasteiger partial charge in [0.25, 0.3) is 0 Å². The maximum atomic E-state index is 13.5. The molecule has 1 saturated heterocycles. The number of carbonyl (C=O) groups excluding carboxylic acids is 2. The van der Waals surface area contributed by atoms with Crippen LogP contribution in [-0.2, 0) is 33.6 Å². The number of aromatic nitrogens is 1. The van der Waals surface area contributed by atoms with Crippen molar-refractivity contribution in [2.45, 2.75) is 97.3 Å². The molecule has 2 aromatic heterocycles. The fraction of sp³-hybridized carbons (Fsp3) is 0.486. The van der Waals surface area contributed by atoms with E-state index in [0.29, 0.717) is 41.5 Å². The number of pyridine rings is 1. The van der Waals surface area contributed by atoms with E-state index in [0.717, 1.165) is 47.9 Å². The second kappa shape index (κ2) is 12.1. The Morgan fingerprint density at radius 2 is 2.00 bits per heavy atom. The summed E-state index contributed by atoms with van der Waals surface area (Å²) in [6.07, 6.45) is 7.40. The van der Waals surface area contributed by atoms with Crippen LogP contribution in [0.25, 0.3) is 11.0 Å². The van der Waals surface area contributed by atoms with Crippen LogP contribution >= 0.6 is 0 Å². The van der Waals surface area contributed by atoms with Crippen LogP contribution in [0.2, 0.25) is 0 Å². The summed E-state index contributed by atoms with van der Waals surface area (Å²) in [7, 11) is 0. The third-order valence-corrected chi connectivity index (χ3v) is 9.25. The van der Waals surface area contributed by atoms with Crippen LogP contribution in [-0.4, -0.2) is 45.5 Å². The Morgan fingerprint density at radius 3 is 2.68 bits per heavy atom. The third-order valence-electron chi connectivity index (χ3n) is 9.25. The lowest BCUT2D eigenvalue weighted by atomic mass is 9.76. The number of hydrogen-bond donors (Lipinski definition) is 1. The van der Waals surface area contributed by atoms with Crippen LogP contribution in [0.3, 0.4) is 0 Å². The predicted molar refractivity (Wildman–Crippen MR) is 169 cm³/mol. The number of fused-ring (bicyclic) bond motifs is 2. The maximum absolute atomic E-state index is 13.5. The van der Waals surface area contributed by atoms with Crippen LogP contribution in [0.1, 0.15) is 77.5 Å². The van der Waals surface area contributed by atoms with Crippen molar-refractivity contribution >= 4 is 28.7 Å². The molecule has 2 atom stereocenters. The topological polar surface area (TPSA) is 125 Å². The summed E-state index contributed by atoms with van der Waals surface area (Å²) in [6, 6.07) is 8.83. The summed E-state index contributed by atoms with van der Waals surface area (Å²) >= 11 is 0. The van der Waals surface area contributed by atoms with Crippen LogP contribution in [0.15, 0.2) is 57.4 Å². The second-order valence-corrected chi connectivity index (χ2v) is 13.1. The second-order valence-electron chi connectivity index (χ2n) is 13.1. The molecule has 2 aliphatic heterocycles. The number of ether oxygens (including phenoxy) is 2. The minimum Gasteiger partial charge on any atom is -0.482 e. The first-order valence-electron chi connectivity index (χ1n) is 15.5. The van der Waals surface area contributed by atoms with Crippen molar-refractivity contribution in [2.24, 2.45) is 5.92 Å². The van der Waals surface area contributed by atoms with Gasteiger partial charge in [0.05, 0.1) is 6.42 Å². The van der Waals surface area contributed by atoms with Gasteiger partial charge >= 0.3 is 11.6 Å². The summed E-state index contributed by atoms with van der Waals surface area (Å²) in [5, 5.41) is 0.767. The number of nitrogens with two attached hydrogens (primary N) is 1. The van der Waals surface area contributed by atoms with E-state index in [-0.39, 0.29) is 18.4 Å². The lowest BCUT2D eigenvalue weighted by Crippen LogP contribution is -2.58. The summed E-state index contributed by atoms with van der Waals surface area (Å²) in [5.74, 6) is 1.09. The van der Waals surface area contributed by atoms with E-state index in [9.17, 15) is 14.4 Å². The molecule has 4 heterocycles. The number of carbonyl (C=O) groups is 2. The summed E-state index contributed by atoms with van der Waals surface area (Å²) in [5.41, 5.74) is 6.91. The van der Waals surface area contributed by atoms with Crippen molar-refractivity contribution in [2.75, 3.05) is 12.3 Å². The van der Waals surface area contributed by atoms with Crippen molar-refractivity contribution in [3.05, 3.63) is 75.3 Å². The smallest absolute Gasteiger partial charge is 0.336 e. The highest BCUT2D eigenvalue weighted by Crippen LogP contribution is 2.46. The number of likely N-dealkylation sites (tertiary alicyclic amines) is 1. The highest BCUT2D eigenvalue weighted by atomic mass is 16.6. The van der Waals surface area contributed by atoms with Gasteiger partial charge in [-0.2, -0.15) is 0 Å². The maximum Gasteiger partial charge on any atom is 0.336 e. The Balaban J connectivity index is 1.50. The number of hydrogen-bond acceptors (Lipinski definition) is 8. The van der Waals surface area contributed by atoms with Gasteiger partial charge in [-0.15, -0.1) is 0 Å². The van der Waals surface area contributed by atoms with Gasteiger partial charge in [-0.05, 0) is 87.8 Å². The third kappa shape index (κ3) is 6.23. The molecule has 0 radical (unpaired) electrons. The fourth-order valence-corrected chi connectivity index (χ4v) is 6.14. The molecule has 3 aromatic rings. The van der Waals surface area contributed by atoms with E-state index >= 15 is 0 Å². The average molecular weight is 602 g/mol. The van der Waals surface area contributed by atoms with Crippen LogP contribution in [0.4, 0.5) is 5.82 Å². The number of rotatable bonds is 10. The van der Waals surface area contributed by atoms with Gasteiger partial charge in [-0.1, -0.05) is 19.9 Å². The Bertz CT molecular complexity index is 1670. The van der Waals surface area contributed by atoms with Crippen molar-refractivity contribution in [1.82, 2.24) is 9.88 Å². The number of amides is 1. The van der Waals surface area contributed by atoms with E-state index in [4.69, 9.17) is 19.6 Å². The zero-order chi connectivity index (χ0) is 31.8. The van der Waals surface area contributed by atoms with Crippen molar-refractivity contribution < 1.29 is 23.5 Å². The molecule has 234 valence electrons. The number of esters is 1. The van der Waals surface area contributed by atoms with E-state index in [1.54, 1.807) is 44.3 Å². The summed E-state index contributed by atoms with van der Waals surface area (Å²) < 4.78 is 18.3. The molecule has 2 N–H and O–H groups in total. The first kappa shape index (κ1) is 31.3. The van der Waals surface area contributed by atoms with Gasteiger partial charge < -0.3 is 24.5 Å². The lowest BCUT2D eigenvalue weighted by Gasteiger charge is -2.43. The van der Waals surface area contributed by atoms with Crippen LogP contribution in [0.5, 0.6) is 5.75 Å². The van der Waals surface area contributed by atoms with Crippen molar-refractivity contribution in [1.29, 1.82) is 0 Å². The number of nitrogens with zero attached hydrogens (tertiary/aromatic N) is 2. The summed E-state index contributed by atoms with van der Waals surface area (Å²) in [6.45, 7) is 12.3. The minimum absolute atomic E-state index is 0.0678. The first-order valence-corrected chi connectivity index (χ1v) is 15.5. The predicted octanol–water partition coefficient (Wildman–Crippen LogP) is 5.55. The molecule has 1 amide bonds.